The monoisotopic (exact) mass is 442 g/mol. The number of hydrogen-bond acceptors (Lipinski definition) is 3. The van der Waals surface area contributed by atoms with E-state index in [2.05, 4.69) is 0 Å². The average molecular weight is 445 g/mol. The minimum atomic E-state index is -1.63. The summed E-state index contributed by atoms with van der Waals surface area (Å²) in [5.74, 6) is 0.419. The molecule has 0 N–H and O–H groups in total. The Labute approximate surface area is 163 Å². The maximum Gasteiger partial charge on any atom is 0.315 e. The lowest BCUT2D eigenvalue weighted by atomic mass is 10.1. The maximum atomic E-state index is 11.3. The van der Waals surface area contributed by atoms with Crippen LogP contribution in [-0.4, -0.2) is 18.3 Å². The van der Waals surface area contributed by atoms with Crippen molar-refractivity contribution >= 4 is 87.3 Å². The molecule has 9 heteroatoms. The predicted molar refractivity (Wildman–Crippen MR) is 97.7 cm³/mol. The normalized spacial score (nSPS) is 12.3. The van der Waals surface area contributed by atoms with Gasteiger partial charge >= 0.3 is 5.97 Å². The van der Waals surface area contributed by atoms with E-state index in [0.717, 1.165) is 5.56 Å². The molecule has 0 saturated heterocycles. The summed E-state index contributed by atoms with van der Waals surface area (Å²) in [6.45, 7) is 2.10. The number of rotatable bonds is 5. The zero-order chi connectivity index (χ0) is 17.0. The van der Waals surface area contributed by atoms with Crippen LogP contribution >= 0.6 is 81.4 Å². The first kappa shape index (κ1) is 20.8. The van der Waals surface area contributed by atoms with E-state index in [-0.39, 0.29) is 11.7 Å². The summed E-state index contributed by atoms with van der Waals surface area (Å²) < 4.78 is 1.58. The molecule has 0 fully saturated rings. The third-order valence-corrected chi connectivity index (χ3v) is 4.73. The van der Waals surface area contributed by atoms with Gasteiger partial charge in [-0.1, -0.05) is 81.7 Å². The fourth-order valence-electron chi connectivity index (χ4n) is 1.56. The highest BCUT2D eigenvalue weighted by molar-refractivity contribution is 7.99. The molecule has 1 aromatic carbocycles. The molecule has 124 valence electrons. The maximum absolute atomic E-state index is 11.3. The number of thioether (sulfide) groups is 1. The van der Waals surface area contributed by atoms with Crippen LogP contribution in [0.15, 0.2) is 18.2 Å². The van der Waals surface area contributed by atoms with Gasteiger partial charge in [-0.25, -0.2) is 0 Å². The quantitative estimate of drug-likeness (QED) is 0.403. The molecule has 0 aromatic heterocycles. The van der Waals surface area contributed by atoms with Gasteiger partial charge in [0, 0.05) is 16.9 Å². The number of ether oxygens (including phenoxy) is 1. The Kier molecular flexibility index (Phi) is 8.28. The molecule has 0 saturated carbocycles. The second-order valence-corrected chi connectivity index (χ2v) is 9.76. The van der Waals surface area contributed by atoms with Gasteiger partial charge in [0.2, 0.25) is 7.59 Å². The minimum absolute atomic E-state index is 0.217. The van der Waals surface area contributed by atoms with Gasteiger partial charge in [0.25, 0.3) is 0 Å². The summed E-state index contributed by atoms with van der Waals surface area (Å²) in [7, 11) is 0. The number of benzene rings is 1. The van der Waals surface area contributed by atoms with Crippen molar-refractivity contribution in [3.8, 4) is 0 Å². The molecule has 0 spiro atoms. The van der Waals surface area contributed by atoms with E-state index >= 15 is 0 Å². The van der Waals surface area contributed by atoms with Crippen LogP contribution < -0.4 is 0 Å². The molecule has 2 nitrogen and oxygen atoms in total. The Hall–Kier alpha value is 0.780. The lowest BCUT2D eigenvalue weighted by Gasteiger charge is -2.18. The lowest BCUT2D eigenvalue weighted by molar-refractivity contribution is -0.139. The van der Waals surface area contributed by atoms with Crippen molar-refractivity contribution in [3.05, 3.63) is 34.9 Å². The second kappa shape index (κ2) is 8.75. The summed E-state index contributed by atoms with van der Waals surface area (Å²) in [5, 5.41) is 0. The van der Waals surface area contributed by atoms with Crippen molar-refractivity contribution in [1.29, 1.82) is 0 Å². The van der Waals surface area contributed by atoms with Crippen LogP contribution in [-0.2, 0) is 22.9 Å². The van der Waals surface area contributed by atoms with E-state index in [9.17, 15) is 4.79 Å². The highest BCUT2D eigenvalue weighted by atomic mass is 35.6. The lowest BCUT2D eigenvalue weighted by Crippen LogP contribution is -2.09. The largest absolute Gasteiger partial charge is 0.465 e. The zero-order valence-electron chi connectivity index (χ0n) is 11.3. The van der Waals surface area contributed by atoms with Gasteiger partial charge in [-0.3, -0.25) is 4.79 Å². The first-order chi connectivity index (χ1) is 10.0. The number of halogens is 6. The third-order valence-electron chi connectivity index (χ3n) is 2.44. The van der Waals surface area contributed by atoms with E-state index in [1.54, 1.807) is 19.1 Å². The Morgan fingerprint density at radius 3 is 1.95 bits per heavy atom. The molecular formula is C13H12Cl6O2S. The molecule has 0 atom stereocenters. The van der Waals surface area contributed by atoms with Gasteiger partial charge in [-0.15, -0.1) is 11.8 Å². The molecule has 0 aliphatic carbocycles. The van der Waals surface area contributed by atoms with E-state index in [1.165, 1.54) is 17.8 Å². The van der Waals surface area contributed by atoms with E-state index in [1.807, 2.05) is 0 Å². The molecule has 0 unspecified atom stereocenters. The van der Waals surface area contributed by atoms with Gasteiger partial charge in [-0.2, -0.15) is 0 Å². The summed E-state index contributed by atoms with van der Waals surface area (Å²) in [5.41, 5.74) is 1.57. The number of carbonyl (C=O) groups is 1. The van der Waals surface area contributed by atoms with Gasteiger partial charge < -0.3 is 4.74 Å². The van der Waals surface area contributed by atoms with Gasteiger partial charge in [0.15, 0.2) is 0 Å². The highest BCUT2D eigenvalue weighted by Gasteiger charge is 2.29. The number of carbonyl (C=O) groups excluding carboxylic acids is 1. The van der Waals surface area contributed by atoms with E-state index in [0.29, 0.717) is 23.5 Å². The second-order valence-electron chi connectivity index (χ2n) is 4.21. The molecule has 1 aromatic rings. The Morgan fingerprint density at radius 1 is 1.05 bits per heavy atom. The molecular weight excluding hydrogens is 433 g/mol. The van der Waals surface area contributed by atoms with Crippen LogP contribution in [0, 0.1) is 0 Å². The van der Waals surface area contributed by atoms with Crippen molar-refractivity contribution < 1.29 is 9.53 Å². The summed E-state index contributed by atoms with van der Waals surface area (Å²) >= 11 is 36.8. The number of hydrogen-bond donors (Lipinski definition) is 0. The van der Waals surface area contributed by atoms with Crippen molar-refractivity contribution in [2.24, 2.45) is 0 Å². The standard InChI is InChI=1S/C13H12Cl6O2S/c1-2-21-11(20)7-22-6-8-3-9(12(14,15)16)5-10(4-8)13(17,18)19/h3-5H,2,6-7H2,1H3. The average Bonchev–Trinajstić information content (AvgIpc) is 2.36. The molecule has 0 aliphatic rings. The molecule has 0 amide bonds. The van der Waals surface area contributed by atoms with Crippen LogP contribution in [0.4, 0.5) is 0 Å². The van der Waals surface area contributed by atoms with Crippen LogP contribution in [0.3, 0.4) is 0 Å². The molecule has 0 bridgehead atoms. The summed E-state index contributed by atoms with van der Waals surface area (Å²) in [6.07, 6.45) is 0. The molecule has 22 heavy (non-hydrogen) atoms. The SMILES string of the molecule is CCOC(=O)CSCc1cc(C(Cl)(Cl)Cl)cc(C(Cl)(Cl)Cl)c1. The summed E-state index contributed by atoms with van der Waals surface area (Å²) in [6, 6.07) is 4.93. The summed E-state index contributed by atoms with van der Waals surface area (Å²) in [4.78, 5) is 11.3. The third kappa shape index (κ3) is 7.12. The van der Waals surface area contributed by atoms with Gasteiger partial charge in [0.1, 0.15) is 0 Å². The van der Waals surface area contributed by atoms with Crippen molar-refractivity contribution in [3.63, 3.8) is 0 Å². The zero-order valence-corrected chi connectivity index (χ0v) is 16.7. The first-order valence-electron chi connectivity index (χ1n) is 6.05. The fraction of sp³-hybridized carbons (Fsp3) is 0.462. The molecule has 0 aliphatic heterocycles. The molecule has 0 heterocycles. The smallest absolute Gasteiger partial charge is 0.315 e. The van der Waals surface area contributed by atoms with Gasteiger partial charge in [0.05, 0.1) is 12.4 Å². The topological polar surface area (TPSA) is 26.3 Å². The van der Waals surface area contributed by atoms with Crippen molar-refractivity contribution in [2.75, 3.05) is 12.4 Å². The number of esters is 1. The van der Waals surface area contributed by atoms with Crippen molar-refractivity contribution in [2.45, 2.75) is 20.3 Å². The minimum Gasteiger partial charge on any atom is -0.465 e. The van der Waals surface area contributed by atoms with Crippen LogP contribution in [0.5, 0.6) is 0 Å². The van der Waals surface area contributed by atoms with E-state index < -0.39 is 7.59 Å². The van der Waals surface area contributed by atoms with Crippen LogP contribution in [0.2, 0.25) is 0 Å². The van der Waals surface area contributed by atoms with Crippen LogP contribution in [0.25, 0.3) is 0 Å². The van der Waals surface area contributed by atoms with Gasteiger partial charge in [-0.05, 0) is 18.6 Å². The Balaban J connectivity index is 2.92. The Morgan fingerprint density at radius 2 is 1.55 bits per heavy atom. The fourth-order valence-corrected chi connectivity index (χ4v) is 2.97. The first-order valence-corrected chi connectivity index (χ1v) is 9.48. The predicted octanol–water partition coefficient (Wildman–Crippen LogP) is 6.14. The molecule has 0 radical (unpaired) electrons. The molecule has 1 rings (SSSR count). The van der Waals surface area contributed by atoms with Crippen LogP contribution in [0.1, 0.15) is 23.6 Å². The van der Waals surface area contributed by atoms with Crippen molar-refractivity contribution in [1.82, 2.24) is 0 Å². The number of alkyl halides is 6. The van der Waals surface area contributed by atoms with E-state index in [4.69, 9.17) is 74.3 Å². The highest BCUT2D eigenvalue weighted by Crippen LogP contribution is 2.44. The Bertz CT molecular complexity index is 492.